The molecular formula is C28H33F3N2O5. The molecule has 38 heavy (non-hydrogen) atoms. The molecule has 2 aliphatic rings. The summed E-state index contributed by atoms with van der Waals surface area (Å²) >= 11 is 0. The van der Waals surface area contributed by atoms with Gasteiger partial charge < -0.3 is 24.0 Å². The Morgan fingerprint density at radius 3 is 2.29 bits per heavy atom. The van der Waals surface area contributed by atoms with Crippen molar-refractivity contribution in [2.45, 2.75) is 65.6 Å². The van der Waals surface area contributed by atoms with E-state index in [1.807, 2.05) is 39.8 Å². The predicted molar refractivity (Wildman–Crippen MR) is 134 cm³/mol. The highest BCUT2D eigenvalue weighted by Gasteiger charge is 2.32. The zero-order valence-electron chi connectivity index (χ0n) is 22.1. The van der Waals surface area contributed by atoms with Crippen LogP contribution in [0.3, 0.4) is 0 Å². The molecule has 2 heterocycles. The van der Waals surface area contributed by atoms with Gasteiger partial charge in [-0.3, -0.25) is 4.79 Å². The smallest absolute Gasteiger partial charge is 0.493 e. The van der Waals surface area contributed by atoms with Crippen molar-refractivity contribution in [3.63, 3.8) is 0 Å². The van der Waals surface area contributed by atoms with E-state index in [1.54, 1.807) is 9.80 Å². The largest absolute Gasteiger partial charge is 0.573 e. The fraction of sp³-hybridized carbons (Fsp3) is 0.500. The molecule has 0 N–H and O–H groups in total. The Balaban J connectivity index is 1.31. The fourth-order valence-corrected chi connectivity index (χ4v) is 4.74. The van der Waals surface area contributed by atoms with Crippen molar-refractivity contribution in [2.24, 2.45) is 5.92 Å². The minimum Gasteiger partial charge on any atom is -0.493 e. The summed E-state index contributed by atoms with van der Waals surface area (Å²) in [5.41, 5.74) is 2.50. The summed E-state index contributed by atoms with van der Waals surface area (Å²) in [7, 11) is 0. The van der Waals surface area contributed by atoms with Gasteiger partial charge in [0.15, 0.2) is 0 Å². The van der Waals surface area contributed by atoms with Gasteiger partial charge in [-0.2, -0.15) is 0 Å². The number of benzene rings is 2. The maximum Gasteiger partial charge on any atom is 0.573 e. The van der Waals surface area contributed by atoms with Crippen LogP contribution in [0.15, 0.2) is 36.4 Å². The van der Waals surface area contributed by atoms with Gasteiger partial charge in [0.25, 0.3) is 5.91 Å². The van der Waals surface area contributed by atoms with Crippen LogP contribution in [-0.2, 0) is 17.8 Å². The van der Waals surface area contributed by atoms with Crippen LogP contribution in [-0.4, -0.2) is 53.5 Å². The zero-order chi connectivity index (χ0) is 27.7. The highest BCUT2D eigenvalue weighted by molar-refractivity contribution is 6.00. The van der Waals surface area contributed by atoms with Crippen LogP contribution in [0.25, 0.3) is 0 Å². The maximum absolute atomic E-state index is 13.0. The minimum absolute atomic E-state index is 0.116. The third-order valence-electron chi connectivity index (χ3n) is 6.54. The van der Waals surface area contributed by atoms with Gasteiger partial charge in [0.1, 0.15) is 17.1 Å². The lowest BCUT2D eigenvalue weighted by molar-refractivity contribution is -0.274. The van der Waals surface area contributed by atoms with Gasteiger partial charge in [-0.15, -0.1) is 13.2 Å². The van der Waals surface area contributed by atoms with E-state index in [2.05, 4.69) is 4.74 Å². The second-order valence-corrected chi connectivity index (χ2v) is 10.8. The molecule has 1 fully saturated rings. The Morgan fingerprint density at radius 2 is 1.68 bits per heavy atom. The average molecular weight is 535 g/mol. The van der Waals surface area contributed by atoms with Gasteiger partial charge in [0.2, 0.25) is 0 Å². The summed E-state index contributed by atoms with van der Waals surface area (Å²) in [6.45, 7) is 9.85. The molecule has 10 heteroatoms. The quantitative estimate of drug-likeness (QED) is 0.450. The number of halogens is 3. The van der Waals surface area contributed by atoms with Gasteiger partial charge in [-0.1, -0.05) is 12.1 Å². The molecule has 0 aromatic heterocycles. The molecule has 7 nitrogen and oxygen atoms in total. The molecule has 0 radical (unpaired) electrons. The lowest BCUT2D eigenvalue weighted by atomic mass is 9.98. The molecule has 0 spiro atoms. The number of hydrogen-bond donors (Lipinski definition) is 0. The molecule has 1 saturated heterocycles. The number of likely N-dealkylation sites (tertiary alicyclic amines) is 1. The number of carbonyl (C=O) groups excluding carboxylic acids is 2. The van der Waals surface area contributed by atoms with Crippen molar-refractivity contribution >= 4 is 12.0 Å². The second kappa shape index (κ2) is 10.7. The molecule has 0 unspecified atom stereocenters. The highest BCUT2D eigenvalue weighted by atomic mass is 19.4. The van der Waals surface area contributed by atoms with Crippen molar-refractivity contribution in [3.05, 3.63) is 58.7 Å². The average Bonchev–Trinajstić information content (AvgIpc) is 3.12. The summed E-state index contributed by atoms with van der Waals surface area (Å²) in [5.74, 6) is 0.586. The number of carbonyl (C=O) groups is 2. The number of fused-ring (bicyclic) bond motifs is 1. The summed E-state index contributed by atoms with van der Waals surface area (Å²) in [5, 5.41) is 0. The Kier molecular flexibility index (Phi) is 7.80. The van der Waals surface area contributed by atoms with Crippen LogP contribution < -0.4 is 9.47 Å². The summed E-state index contributed by atoms with van der Waals surface area (Å²) in [6, 6.07) is 9.27. The Labute approximate surface area is 220 Å². The van der Waals surface area contributed by atoms with Crippen molar-refractivity contribution in [1.82, 2.24) is 9.80 Å². The van der Waals surface area contributed by atoms with E-state index in [9.17, 15) is 22.8 Å². The Bertz CT molecular complexity index is 1170. The predicted octanol–water partition coefficient (Wildman–Crippen LogP) is 6.08. The topological polar surface area (TPSA) is 68.3 Å². The van der Waals surface area contributed by atoms with Crippen LogP contribution in [0.1, 0.15) is 60.7 Å². The SMILES string of the molecule is Cc1cc(OCC2CCN(C(=O)OC(C)(C)C)CC2)cc2c1C(=O)N(Cc1ccc(OC(F)(F)F)cc1)C2. The molecule has 0 saturated carbocycles. The second-order valence-electron chi connectivity index (χ2n) is 10.8. The van der Waals surface area contributed by atoms with Crippen molar-refractivity contribution < 1.29 is 37.0 Å². The lowest BCUT2D eigenvalue weighted by Crippen LogP contribution is -2.42. The van der Waals surface area contributed by atoms with Crippen molar-refractivity contribution in [3.8, 4) is 11.5 Å². The van der Waals surface area contributed by atoms with E-state index in [4.69, 9.17) is 9.47 Å². The van der Waals surface area contributed by atoms with E-state index in [1.165, 1.54) is 24.3 Å². The summed E-state index contributed by atoms with van der Waals surface area (Å²) in [6.07, 6.45) is -3.39. The number of amides is 2. The lowest BCUT2D eigenvalue weighted by Gasteiger charge is -2.33. The maximum atomic E-state index is 13.0. The van der Waals surface area contributed by atoms with Gasteiger partial charge in [0.05, 0.1) is 6.61 Å². The molecular weight excluding hydrogens is 501 g/mol. The summed E-state index contributed by atoms with van der Waals surface area (Å²) in [4.78, 5) is 28.7. The normalized spacial score (nSPS) is 16.4. The number of alkyl halides is 3. The number of aryl methyl sites for hydroxylation is 1. The van der Waals surface area contributed by atoms with Gasteiger partial charge in [-0.05, 0) is 87.4 Å². The Morgan fingerprint density at radius 1 is 1.03 bits per heavy atom. The first-order valence-electron chi connectivity index (χ1n) is 12.7. The van der Waals surface area contributed by atoms with E-state index < -0.39 is 12.0 Å². The number of ether oxygens (including phenoxy) is 3. The van der Waals surface area contributed by atoms with Crippen LogP contribution in [0.2, 0.25) is 0 Å². The van der Waals surface area contributed by atoms with Crippen LogP contribution in [0.5, 0.6) is 11.5 Å². The molecule has 4 rings (SSSR count). The molecule has 206 valence electrons. The molecule has 0 atom stereocenters. The monoisotopic (exact) mass is 534 g/mol. The molecule has 2 aliphatic heterocycles. The first kappa shape index (κ1) is 27.6. The fourth-order valence-electron chi connectivity index (χ4n) is 4.74. The van der Waals surface area contributed by atoms with Crippen LogP contribution in [0.4, 0.5) is 18.0 Å². The van der Waals surface area contributed by atoms with E-state index in [-0.39, 0.29) is 24.3 Å². The standard InChI is InChI=1S/C28H33F3N2O5/c1-18-13-23(36-17-20-9-11-32(12-10-20)26(35)38-27(2,3)4)14-21-16-33(25(34)24(18)21)15-19-5-7-22(8-6-19)37-28(29,30)31/h5-8,13-14,20H,9-12,15-17H2,1-4H3. The van der Waals surface area contributed by atoms with Gasteiger partial charge >= 0.3 is 12.5 Å². The van der Waals surface area contributed by atoms with E-state index in [0.717, 1.165) is 24.0 Å². The van der Waals surface area contributed by atoms with Gasteiger partial charge in [-0.25, -0.2) is 4.79 Å². The zero-order valence-corrected chi connectivity index (χ0v) is 22.1. The Hall–Kier alpha value is -3.43. The van der Waals surface area contributed by atoms with Crippen LogP contribution in [0, 0.1) is 12.8 Å². The van der Waals surface area contributed by atoms with Crippen molar-refractivity contribution in [1.29, 1.82) is 0 Å². The third-order valence-corrected chi connectivity index (χ3v) is 6.54. The first-order valence-corrected chi connectivity index (χ1v) is 12.7. The van der Waals surface area contributed by atoms with E-state index in [0.29, 0.717) is 49.0 Å². The van der Waals surface area contributed by atoms with Gasteiger partial charge in [0, 0.05) is 31.7 Å². The highest BCUT2D eigenvalue weighted by Crippen LogP contribution is 2.32. The molecule has 2 aromatic carbocycles. The third kappa shape index (κ3) is 7.11. The molecule has 0 aliphatic carbocycles. The van der Waals surface area contributed by atoms with Crippen molar-refractivity contribution in [2.75, 3.05) is 19.7 Å². The molecule has 0 bridgehead atoms. The number of nitrogens with zero attached hydrogens (tertiary/aromatic N) is 2. The summed E-state index contributed by atoms with van der Waals surface area (Å²) < 4.78 is 52.6. The number of piperidine rings is 1. The number of hydrogen-bond acceptors (Lipinski definition) is 5. The number of rotatable bonds is 6. The van der Waals surface area contributed by atoms with E-state index >= 15 is 0 Å². The molecule has 2 amide bonds. The molecule has 2 aromatic rings. The first-order chi connectivity index (χ1) is 17.8. The minimum atomic E-state index is -4.75. The van der Waals surface area contributed by atoms with Crippen LogP contribution >= 0.6 is 0 Å².